The number of nitrogens with zero attached hydrogens (tertiary/aromatic N) is 2. The molecule has 0 heterocycles. The second kappa shape index (κ2) is 7.53. The fourth-order valence-electron chi connectivity index (χ4n) is 1.58. The summed E-state index contributed by atoms with van der Waals surface area (Å²) in [5.74, 6) is 0.657. The Morgan fingerprint density at radius 2 is 2.11 bits per heavy atom. The van der Waals surface area contributed by atoms with Crippen LogP contribution in [0.5, 0.6) is 5.75 Å². The van der Waals surface area contributed by atoms with E-state index in [0.29, 0.717) is 17.9 Å². The van der Waals surface area contributed by atoms with Crippen LogP contribution in [0.3, 0.4) is 0 Å². The molecule has 18 heavy (non-hydrogen) atoms. The highest BCUT2D eigenvalue weighted by atomic mass is 16.5. The fourth-order valence-corrected chi connectivity index (χ4v) is 1.58. The van der Waals surface area contributed by atoms with Gasteiger partial charge in [0.05, 0.1) is 6.61 Å². The SMILES string of the molecule is CCCCOc1ccc(C(C)N=O)cc1CN=O. The largest absolute Gasteiger partial charge is 0.493 e. The van der Waals surface area contributed by atoms with Gasteiger partial charge in [0.15, 0.2) is 0 Å². The van der Waals surface area contributed by atoms with Gasteiger partial charge in [-0.15, -0.1) is 0 Å². The highest BCUT2D eigenvalue weighted by Gasteiger charge is 2.10. The van der Waals surface area contributed by atoms with Gasteiger partial charge in [0.25, 0.3) is 0 Å². The van der Waals surface area contributed by atoms with Gasteiger partial charge in [0.2, 0.25) is 0 Å². The molecule has 0 fully saturated rings. The molecule has 1 unspecified atom stereocenters. The van der Waals surface area contributed by atoms with Crippen molar-refractivity contribution in [2.45, 2.75) is 39.3 Å². The Bertz CT molecular complexity index is 407. The molecule has 0 amide bonds. The average Bonchev–Trinajstić information content (AvgIpc) is 2.40. The van der Waals surface area contributed by atoms with Gasteiger partial charge in [-0.1, -0.05) is 29.8 Å². The summed E-state index contributed by atoms with van der Waals surface area (Å²) < 4.78 is 5.59. The van der Waals surface area contributed by atoms with Crippen LogP contribution in [0.4, 0.5) is 0 Å². The van der Waals surface area contributed by atoms with Crippen molar-refractivity contribution in [3.05, 3.63) is 39.1 Å². The van der Waals surface area contributed by atoms with Crippen molar-refractivity contribution in [3.8, 4) is 5.75 Å². The minimum absolute atomic E-state index is 0.0425. The molecule has 0 bridgehead atoms. The lowest BCUT2D eigenvalue weighted by Gasteiger charge is -2.12. The number of ether oxygens (including phenoxy) is 1. The molecule has 0 N–H and O–H groups in total. The normalized spacial score (nSPS) is 11.9. The van der Waals surface area contributed by atoms with Crippen LogP contribution in [0.2, 0.25) is 0 Å². The van der Waals surface area contributed by atoms with E-state index < -0.39 is 6.04 Å². The molecule has 98 valence electrons. The van der Waals surface area contributed by atoms with Crippen molar-refractivity contribution in [2.75, 3.05) is 6.61 Å². The predicted molar refractivity (Wildman–Crippen MR) is 70.6 cm³/mol. The van der Waals surface area contributed by atoms with Crippen LogP contribution in [0, 0.1) is 9.81 Å². The molecule has 0 spiro atoms. The van der Waals surface area contributed by atoms with Crippen molar-refractivity contribution in [3.63, 3.8) is 0 Å². The van der Waals surface area contributed by atoms with E-state index in [-0.39, 0.29) is 6.54 Å². The van der Waals surface area contributed by atoms with Gasteiger partial charge in [-0.05, 0) is 31.0 Å². The van der Waals surface area contributed by atoms with E-state index in [0.717, 1.165) is 18.4 Å². The number of rotatable bonds is 8. The molecule has 0 saturated carbocycles. The van der Waals surface area contributed by atoms with Crippen LogP contribution in [0.15, 0.2) is 28.6 Å². The summed E-state index contributed by atoms with van der Waals surface area (Å²) in [5, 5.41) is 5.85. The van der Waals surface area contributed by atoms with E-state index in [2.05, 4.69) is 17.3 Å². The minimum Gasteiger partial charge on any atom is -0.493 e. The summed E-state index contributed by atoms with van der Waals surface area (Å²) in [6.07, 6.45) is 2.01. The Hall–Kier alpha value is -1.78. The zero-order chi connectivity index (χ0) is 13.4. The topological polar surface area (TPSA) is 68.1 Å². The number of hydrogen-bond acceptors (Lipinski definition) is 5. The highest BCUT2D eigenvalue weighted by Crippen LogP contribution is 2.26. The van der Waals surface area contributed by atoms with Crippen LogP contribution >= 0.6 is 0 Å². The lowest BCUT2D eigenvalue weighted by Crippen LogP contribution is -2.01. The number of nitroso groups, excluding NO2 is 2. The van der Waals surface area contributed by atoms with E-state index in [1.807, 2.05) is 0 Å². The van der Waals surface area contributed by atoms with Gasteiger partial charge < -0.3 is 4.74 Å². The van der Waals surface area contributed by atoms with Crippen molar-refractivity contribution in [1.82, 2.24) is 0 Å². The van der Waals surface area contributed by atoms with E-state index in [9.17, 15) is 9.81 Å². The summed E-state index contributed by atoms with van der Waals surface area (Å²) in [6.45, 7) is 4.44. The third-order valence-corrected chi connectivity index (χ3v) is 2.72. The molecule has 1 aromatic rings. The van der Waals surface area contributed by atoms with E-state index >= 15 is 0 Å². The zero-order valence-electron chi connectivity index (χ0n) is 10.8. The Kier molecular flexibility index (Phi) is 5.97. The van der Waals surface area contributed by atoms with Gasteiger partial charge in [-0.3, -0.25) is 0 Å². The van der Waals surface area contributed by atoms with Crippen LogP contribution in [-0.4, -0.2) is 6.61 Å². The third kappa shape index (κ3) is 3.91. The fraction of sp³-hybridized carbons (Fsp3) is 0.538. The number of benzene rings is 1. The van der Waals surface area contributed by atoms with E-state index in [1.165, 1.54) is 0 Å². The van der Waals surface area contributed by atoms with Crippen LogP contribution < -0.4 is 4.74 Å². The molecule has 0 aliphatic carbocycles. The van der Waals surface area contributed by atoms with Crippen molar-refractivity contribution in [1.29, 1.82) is 0 Å². The number of unbranched alkanes of at least 4 members (excludes halogenated alkanes) is 1. The number of hydrogen-bond donors (Lipinski definition) is 0. The maximum Gasteiger partial charge on any atom is 0.124 e. The summed E-state index contributed by atoms with van der Waals surface area (Å²) in [4.78, 5) is 20.9. The van der Waals surface area contributed by atoms with Crippen LogP contribution in [0.25, 0.3) is 0 Å². The molecule has 0 aliphatic rings. The zero-order valence-corrected chi connectivity index (χ0v) is 10.8. The lowest BCUT2D eigenvalue weighted by molar-refractivity contribution is 0.306. The molecule has 5 nitrogen and oxygen atoms in total. The smallest absolute Gasteiger partial charge is 0.124 e. The molecule has 0 saturated heterocycles. The van der Waals surface area contributed by atoms with Crippen LogP contribution in [0.1, 0.15) is 43.9 Å². The molecular weight excluding hydrogens is 232 g/mol. The molecule has 5 heteroatoms. The van der Waals surface area contributed by atoms with Crippen LogP contribution in [-0.2, 0) is 6.54 Å². The Balaban J connectivity index is 2.88. The first kappa shape index (κ1) is 14.3. The molecule has 0 aliphatic heterocycles. The van der Waals surface area contributed by atoms with Crippen molar-refractivity contribution >= 4 is 0 Å². The first-order valence-electron chi connectivity index (χ1n) is 6.10. The van der Waals surface area contributed by atoms with Crippen molar-refractivity contribution < 1.29 is 4.74 Å². The first-order valence-corrected chi connectivity index (χ1v) is 6.10. The van der Waals surface area contributed by atoms with E-state index in [1.54, 1.807) is 25.1 Å². The molecule has 1 rings (SSSR count). The molecule has 1 atom stereocenters. The summed E-state index contributed by atoms with van der Waals surface area (Å²) in [6, 6.07) is 4.89. The second-order valence-corrected chi connectivity index (χ2v) is 4.14. The first-order chi connectivity index (χ1) is 8.72. The average molecular weight is 250 g/mol. The summed E-state index contributed by atoms with van der Waals surface area (Å²) in [7, 11) is 0. The maximum absolute atomic E-state index is 10.5. The molecule has 0 aromatic heterocycles. The van der Waals surface area contributed by atoms with Gasteiger partial charge >= 0.3 is 0 Å². The molecule has 1 aromatic carbocycles. The second-order valence-electron chi connectivity index (χ2n) is 4.14. The van der Waals surface area contributed by atoms with Gasteiger partial charge in [0, 0.05) is 5.56 Å². The summed E-state index contributed by atoms with van der Waals surface area (Å²) in [5.41, 5.74) is 1.47. The molecule has 0 radical (unpaired) electrons. The lowest BCUT2D eigenvalue weighted by atomic mass is 10.0. The Morgan fingerprint density at radius 1 is 1.33 bits per heavy atom. The van der Waals surface area contributed by atoms with Crippen molar-refractivity contribution in [2.24, 2.45) is 10.4 Å². The highest BCUT2D eigenvalue weighted by molar-refractivity contribution is 5.38. The van der Waals surface area contributed by atoms with Gasteiger partial charge in [-0.25, -0.2) is 0 Å². The van der Waals surface area contributed by atoms with Gasteiger partial charge in [-0.2, -0.15) is 9.81 Å². The Labute approximate surface area is 106 Å². The predicted octanol–water partition coefficient (Wildman–Crippen LogP) is 3.96. The maximum atomic E-state index is 10.5. The van der Waals surface area contributed by atoms with E-state index in [4.69, 9.17) is 4.74 Å². The monoisotopic (exact) mass is 250 g/mol. The quantitative estimate of drug-likeness (QED) is 0.518. The standard InChI is InChI=1S/C13H18N2O3/c1-3-4-7-18-13-6-5-11(10(2)15-17)8-12(13)9-14-16/h5-6,8,10H,3-4,7,9H2,1-2H3. The van der Waals surface area contributed by atoms with Gasteiger partial charge in [0.1, 0.15) is 18.3 Å². The molecular formula is C13H18N2O3. The Morgan fingerprint density at radius 3 is 2.72 bits per heavy atom. The minimum atomic E-state index is -0.430. The summed E-state index contributed by atoms with van der Waals surface area (Å²) >= 11 is 0. The third-order valence-electron chi connectivity index (χ3n) is 2.72.